The van der Waals surface area contributed by atoms with Crippen molar-refractivity contribution in [2.45, 2.75) is 64.4 Å². The fraction of sp³-hybridized carbons (Fsp3) is 0.625. The molecule has 1 unspecified atom stereocenters. The Bertz CT molecular complexity index is 1230. The van der Waals surface area contributed by atoms with Crippen LogP contribution >= 0.6 is 11.6 Å². The van der Waals surface area contributed by atoms with Crippen LogP contribution in [0.4, 0.5) is 0 Å². The van der Waals surface area contributed by atoms with Crippen molar-refractivity contribution >= 4 is 34.9 Å². The molecule has 42 heavy (non-hydrogen) atoms. The fourth-order valence-corrected chi connectivity index (χ4v) is 7.15. The number of hydrogen-bond donors (Lipinski definition) is 3. The number of allylic oxidation sites excluding steroid dienone is 1. The molecule has 1 heterocycles. The van der Waals surface area contributed by atoms with Crippen LogP contribution in [0.15, 0.2) is 35.5 Å². The molecule has 3 aliphatic carbocycles. The number of nitrogens with one attached hydrogen (secondary N) is 2. The zero-order valence-electron chi connectivity index (χ0n) is 24.4. The molecule has 10 heteroatoms. The maximum Gasteiger partial charge on any atom is 0.272 e. The molecule has 2 saturated carbocycles. The largest absolute Gasteiger partial charge is 0.489 e. The van der Waals surface area contributed by atoms with E-state index in [1.807, 2.05) is 24.3 Å². The highest BCUT2D eigenvalue weighted by Crippen LogP contribution is 2.54. The molecule has 228 valence electrons. The summed E-state index contributed by atoms with van der Waals surface area (Å²) in [5, 5.41) is 21.7. The summed E-state index contributed by atoms with van der Waals surface area (Å²) < 4.78 is 6.24. The SMILES string of the molecule is C[C@@H]1C[C@H](Oc2ccccc2Cl)CCCC1CCC(=O)CNC1=C(C(=N)C(=O)N2CCN(C(=O)CO)CC2)[C@@H]2C[C@@H]2C1. The number of Topliss-reactive ketones (excluding diaryl/α,β-unsaturated/α-hetero) is 1. The number of aliphatic hydroxyl groups is 1. The van der Waals surface area contributed by atoms with Crippen molar-refractivity contribution in [3.05, 3.63) is 40.6 Å². The van der Waals surface area contributed by atoms with Gasteiger partial charge in [-0.2, -0.15) is 0 Å². The van der Waals surface area contributed by atoms with E-state index in [0.717, 1.165) is 62.0 Å². The number of halogens is 1. The Labute approximate surface area is 253 Å². The Morgan fingerprint density at radius 1 is 1.10 bits per heavy atom. The summed E-state index contributed by atoms with van der Waals surface area (Å²) in [6.07, 6.45) is 7.37. The van der Waals surface area contributed by atoms with Crippen LogP contribution < -0.4 is 10.1 Å². The number of carbonyl (C=O) groups excluding carboxylic acids is 3. The average molecular weight is 599 g/mol. The number of aliphatic hydroxyl groups excluding tert-OH is 1. The van der Waals surface area contributed by atoms with Crippen molar-refractivity contribution in [3.8, 4) is 5.75 Å². The van der Waals surface area contributed by atoms with Gasteiger partial charge in [0.1, 0.15) is 18.1 Å². The molecule has 1 aromatic rings. The summed E-state index contributed by atoms with van der Waals surface area (Å²) in [4.78, 5) is 41.0. The van der Waals surface area contributed by atoms with E-state index in [2.05, 4.69) is 12.2 Å². The molecule has 5 atom stereocenters. The molecule has 1 saturated heterocycles. The Balaban J connectivity index is 1.09. The van der Waals surface area contributed by atoms with Gasteiger partial charge in [-0.05, 0) is 74.3 Å². The minimum absolute atomic E-state index is 0.0118. The van der Waals surface area contributed by atoms with E-state index in [1.54, 1.807) is 9.80 Å². The zero-order valence-corrected chi connectivity index (χ0v) is 25.2. The van der Waals surface area contributed by atoms with E-state index in [9.17, 15) is 14.4 Å². The molecule has 0 bridgehead atoms. The Morgan fingerprint density at radius 3 is 2.57 bits per heavy atom. The number of ketones is 1. The number of para-hydroxylation sites is 1. The van der Waals surface area contributed by atoms with Crippen LogP contribution in [0, 0.1) is 29.1 Å². The minimum Gasteiger partial charge on any atom is -0.489 e. The number of ether oxygens (including phenoxy) is 1. The van der Waals surface area contributed by atoms with Gasteiger partial charge in [-0.1, -0.05) is 37.1 Å². The fourth-order valence-electron chi connectivity index (χ4n) is 6.97. The van der Waals surface area contributed by atoms with Gasteiger partial charge in [0.15, 0.2) is 5.78 Å². The predicted molar refractivity (Wildman–Crippen MR) is 160 cm³/mol. The van der Waals surface area contributed by atoms with Crippen LogP contribution in [-0.2, 0) is 14.4 Å². The van der Waals surface area contributed by atoms with E-state index in [4.69, 9.17) is 26.9 Å². The molecule has 0 aromatic heterocycles. The number of hydrogen-bond acceptors (Lipinski definition) is 7. The first kappa shape index (κ1) is 30.5. The van der Waals surface area contributed by atoms with Gasteiger partial charge in [-0.25, -0.2) is 0 Å². The van der Waals surface area contributed by atoms with Crippen LogP contribution in [0.2, 0.25) is 5.02 Å². The lowest BCUT2D eigenvalue weighted by molar-refractivity contribution is -0.138. The summed E-state index contributed by atoms with van der Waals surface area (Å²) in [5.41, 5.74) is 1.66. The molecule has 9 nitrogen and oxygen atoms in total. The zero-order chi connectivity index (χ0) is 29.8. The normalized spacial score (nSPS) is 27.3. The molecular formula is C32H43ClN4O5. The Kier molecular flexibility index (Phi) is 9.88. The third kappa shape index (κ3) is 7.17. The lowest BCUT2D eigenvalue weighted by atomic mass is 9.85. The lowest BCUT2D eigenvalue weighted by Gasteiger charge is -2.34. The highest BCUT2D eigenvalue weighted by Gasteiger charge is 2.49. The van der Waals surface area contributed by atoms with Crippen molar-refractivity contribution < 1.29 is 24.2 Å². The van der Waals surface area contributed by atoms with E-state index in [0.29, 0.717) is 55.4 Å². The molecule has 4 aliphatic rings. The van der Waals surface area contributed by atoms with Crippen molar-refractivity contribution in [3.63, 3.8) is 0 Å². The minimum atomic E-state index is -0.535. The number of fused-ring (bicyclic) bond motifs is 1. The summed E-state index contributed by atoms with van der Waals surface area (Å²) >= 11 is 6.30. The first-order chi connectivity index (χ1) is 20.2. The van der Waals surface area contributed by atoms with Gasteiger partial charge >= 0.3 is 0 Å². The third-order valence-electron chi connectivity index (χ3n) is 9.59. The monoisotopic (exact) mass is 598 g/mol. The molecule has 3 N–H and O–H groups in total. The highest BCUT2D eigenvalue weighted by atomic mass is 35.5. The number of nitrogens with zero attached hydrogens (tertiary/aromatic N) is 2. The Morgan fingerprint density at radius 2 is 1.83 bits per heavy atom. The van der Waals surface area contributed by atoms with Crippen LogP contribution in [0.1, 0.15) is 58.3 Å². The topological polar surface area (TPSA) is 123 Å². The van der Waals surface area contributed by atoms with E-state index < -0.39 is 6.61 Å². The van der Waals surface area contributed by atoms with E-state index in [1.165, 1.54) is 0 Å². The second kappa shape index (κ2) is 13.6. The lowest BCUT2D eigenvalue weighted by Crippen LogP contribution is -2.52. The number of carbonyl (C=O) groups is 3. The smallest absolute Gasteiger partial charge is 0.272 e. The number of rotatable bonds is 11. The van der Waals surface area contributed by atoms with Crippen LogP contribution in [0.3, 0.4) is 0 Å². The maximum absolute atomic E-state index is 13.2. The van der Waals surface area contributed by atoms with Gasteiger partial charge in [0, 0.05) is 43.9 Å². The summed E-state index contributed by atoms with van der Waals surface area (Å²) in [5.74, 6) is 1.84. The highest BCUT2D eigenvalue weighted by molar-refractivity contribution is 6.44. The second-order valence-electron chi connectivity index (χ2n) is 12.4. The van der Waals surface area contributed by atoms with Gasteiger partial charge in [0.05, 0.1) is 17.7 Å². The summed E-state index contributed by atoms with van der Waals surface area (Å²) in [6, 6.07) is 7.60. The predicted octanol–water partition coefficient (Wildman–Crippen LogP) is 3.83. The number of piperazine rings is 1. The molecule has 1 aliphatic heterocycles. The molecule has 5 rings (SSSR count). The number of amides is 2. The van der Waals surface area contributed by atoms with E-state index >= 15 is 0 Å². The van der Waals surface area contributed by atoms with Crippen LogP contribution in [0.25, 0.3) is 0 Å². The molecular weight excluding hydrogens is 556 g/mol. The first-order valence-corrected chi connectivity index (χ1v) is 15.8. The van der Waals surface area contributed by atoms with E-state index in [-0.39, 0.29) is 41.9 Å². The second-order valence-corrected chi connectivity index (χ2v) is 12.8. The van der Waals surface area contributed by atoms with Crippen LogP contribution in [0.5, 0.6) is 5.75 Å². The molecule has 2 amide bonds. The van der Waals surface area contributed by atoms with Crippen molar-refractivity contribution in [2.24, 2.45) is 23.7 Å². The number of benzene rings is 1. The average Bonchev–Trinajstić information content (AvgIpc) is 3.70. The third-order valence-corrected chi connectivity index (χ3v) is 9.90. The first-order valence-electron chi connectivity index (χ1n) is 15.4. The van der Waals surface area contributed by atoms with Crippen molar-refractivity contribution in [2.75, 3.05) is 39.3 Å². The molecule has 0 spiro atoms. The molecule has 3 fully saturated rings. The molecule has 1 aromatic carbocycles. The molecule has 0 radical (unpaired) electrons. The van der Waals surface area contributed by atoms with Crippen molar-refractivity contribution in [1.29, 1.82) is 5.41 Å². The summed E-state index contributed by atoms with van der Waals surface area (Å²) in [7, 11) is 0. The van der Waals surface area contributed by atoms with Gasteiger partial charge in [-0.3, -0.25) is 19.8 Å². The van der Waals surface area contributed by atoms with Gasteiger partial charge < -0.3 is 25.0 Å². The quantitative estimate of drug-likeness (QED) is 0.263. The summed E-state index contributed by atoms with van der Waals surface area (Å²) in [6.45, 7) is 3.37. The van der Waals surface area contributed by atoms with Gasteiger partial charge in [-0.15, -0.1) is 0 Å². The Hall–Kier alpha value is -2.91. The van der Waals surface area contributed by atoms with Gasteiger partial charge in [0.2, 0.25) is 5.91 Å². The standard InChI is InChI=1S/C32H43ClN4O5/c1-20-15-24(42-28-8-3-2-7-26(28)33)6-4-5-21(20)9-10-23(39)18-35-27-17-22-16-25(22)30(27)31(34)32(41)37-13-11-36(12-14-37)29(40)19-38/h2-3,7-8,20-22,24-25,34-35,38H,4-6,9-19H2,1H3/t20-,21?,22-,24-,25-/m1/s1. The van der Waals surface area contributed by atoms with Crippen molar-refractivity contribution in [1.82, 2.24) is 15.1 Å². The maximum atomic E-state index is 13.2. The van der Waals surface area contributed by atoms with Crippen LogP contribution in [-0.4, -0.2) is 83.7 Å². The van der Waals surface area contributed by atoms with Gasteiger partial charge in [0.25, 0.3) is 5.91 Å².